The summed E-state index contributed by atoms with van der Waals surface area (Å²) in [6.07, 6.45) is 3.95. The molecule has 2 nitrogen and oxygen atoms in total. The minimum Gasteiger partial charge on any atom is -0.0620 e. The van der Waals surface area contributed by atoms with E-state index in [2.05, 4.69) is 183 Å². The van der Waals surface area contributed by atoms with Crippen LogP contribution in [-0.2, 0) is 21.1 Å². The molecule has 0 bridgehead atoms. The number of rotatable bonds is 14. The van der Waals surface area contributed by atoms with E-state index in [1.165, 1.54) is 18.5 Å². The van der Waals surface area contributed by atoms with Gasteiger partial charge in [0.2, 0.25) is 0 Å². The molecule has 258 valence electrons. The second-order valence-corrected chi connectivity index (χ2v) is 29.2. The summed E-state index contributed by atoms with van der Waals surface area (Å²) in [5.41, 5.74) is 1.85. The summed E-state index contributed by atoms with van der Waals surface area (Å²) in [6.45, 7) is 22.2. The Balaban J connectivity index is 0.00000102. The van der Waals surface area contributed by atoms with E-state index in [1.807, 2.05) is 0 Å². The normalized spacial score (nSPS) is 11.4. The molecule has 8 heteroatoms. The quantitative estimate of drug-likeness (QED) is 0.0723. The topological polar surface area (TPSA) is 47.6 Å². The molecule has 0 spiro atoms. The van der Waals surface area contributed by atoms with E-state index in [0.717, 1.165) is 11.3 Å². The third kappa shape index (κ3) is 16.0. The zero-order valence-corrected chi connectivity index (χ0v) is 37.8. The molecule has 0 unspecified atom stereocenters. The molecule has 0 aliphatic heterocycles. The summed E-state index contributed by atoms with van der Waals surface area (Å²) in [5, 5.41) is 18.2. The molecule has 0 atom stereocenters. The van der Waals surface area contributed by atoms with Crippen LogP contribution in [0.15, 0.2) is 121 Å². The zero-order chi connectivity index (χ0) is 34.8. The van der Waals surface area contributed by atoms with Crippen LogP contribution in [0.1, 0.15) is 34.6 Å². The van der Waals surface area contributed by atoms with Crippen molar-refractivity contribution in [2.75, 3.05) is 51.0 Å². The molecule has 0 saturated heterocycles. The Morgan fingerprint density at radius 3 is 0.917 bits per heavy atom. The third-order valence-electron chi connectivity index (χ3n) is 8.52. The molecule has 4 aromatic carbocycles. The standard InChI is InChI=1S/C35H43P3.C5H14P2.Mo.N2/c1-29(2)36(30(3)4)26-35(5,27-37(31-18-10-6-11-19-31)32-20-12-7-13-21-32)28-38(33-22-14-8-15-23-33)34-24-16-9-17-25-34;1-6(2)5-7(3)4;;1-2/h6-25,29-30H,26-28H2,1-5H3;5H2,1-4H3;;/p+5. The molecule has 4 rings (SSSR count). The van der Waals surface area contributed by atoms with Gasteiger partial charge in [-0.05, 0) is 83.1 Å². The maximum Gasteiger partial charge on any atom is 0.154 e. The van der Waals surface area contributed by atoms with Crippen molar-refractivity contribution in [2.45, 2.75) is 45.9 Å². The van der Waals surface area contributed by atoms with E-state index in [0.29, 0.717) is 0 Å². The van der Waals surface area contributed by atoms with E-state index >= 15 is 0 Å². The van der Waals surface area contributed by atoms with Crippen molar-refractivity contribution in [1.82, 2.24) is 0 Å². The first-order valence-corrected chi connectivity index (χ1v) is 27.7. The molecule has 0 amide bonds. The number of hydrogen-bond donors (Lipinski definition) is 0. The van der Waals surface area contributed by atoms with Gasteiger partial charge in [-0.3, -0.25) is 0 Å². The first-order chi connectivity index (χ1) is 22.5. The fourth-order valence-electron chi connectivity index (χ4n) is 6.61. The van der Waals surface area contributed by atoms with Crippen molar-refractivity contribution in [1.29, 1.82) is 10.8 Å². The Bertz CT molecular complexity index is 1210. The Labute approximate surface area is 314 Å². The first-order valence-electron chi connectivity index (χ1n) is 17.1. The van der Waals surface area contributed by atoms with Crippen LogP contribution in [0.5, 0.6) is 0 Å². The average molecular weight is 822 g/mol. The molecule has 0 aromatic heterocycles. The maximum atomic E-state index is 6.00. The van der Waals surface area contributed by atoms with Crippen LogP contribution in [-0.4, -0.2) is 62.4 Å². The average Bonchev–Trinajstić information content (AvgIpc) is 3.07. The maximum absolute atomic E-state index is 6.00. The molecule has 0 aliphatic carbocycles. The van der Waals surface area contributed by atoms with Gasteiger partial charge in [0.25, 0.3) is 0 Å². The molecule has 0 fully saturated rings. The Hall–Kier alpha value is -0.862. The van der Waals surface area contributed by atoms with Gasteiger partial charge in [0.15, 0.2) is 5.90 Å². The van der Waals surface area contributed by atoms with Gasteiger partial charge in [-0.25, -0.2) is 0 Å². The molecule has 0 N–H and O–H groups in total. The monoisotopic (exact) mass is 823 g/mol. The fraction of sp³-hybridized carbons (Fsp3) is 0.400. The predicted molar refractivity (Wildman–Crippen MR) is 231 cm³/mol. The minimum absolute atomic E-state index is 0. The van der Waals surface area contributed by atoms with Crippen LogP contribution in [0, 0.1) is 16.2 Å². The summed E-state index contributed by atoms with van der Waals surface area (Å²) in [7, 11) is -2.15. The number of benzene rings is 4. The van der Waals surface area contributed by atoms with E-state index in [-0.39, 0.29) is 42.3 Å². The van der Waals surface area contributed by atoms with Crippen LogP contribution < -0.4 is 21.2 Å². The van der Waals surface area contributed by atoms with Crippen LogP contribution in [0.2, 0.25) is 0 Å². The minimum atomic E-state index is -0.927. The van der Waals surface area contributed by atoms with Gasteiger partial charge in [0, 0.05) is 82.3 Å². The van der Waals surface area contributed by atoms with Crippen LogP contribution >= 0.6 is 39.6 Å². The number of hydrogen-bond acceptors (Lipinski definition) is 2. The van der Waals surface area contributed by atoms with Gasteiger partial charge in [0.1, 0.15) is 0 Å². The molecular weight excluding hydrogens is 759 g/mol. The van der Waals surface area contributed by atoms with Crippen LogP contribution in [0.3, 0.4) is 0 Å². The molecule has 0 radical (unpaired) electrons. The Morgan fingerprint density at radius 2 is 0.729 bits per heavy atom. The summed E-state index contributed by atoms with van der Waals surface area (Å²) >= 11 is 0. The molecule has 0 saturated carbocycles. The molecule has 0 heterocycles. The molecule has 48 heavy (non-hydrogen) atoms. The summed E-state index contributed by atoms with van der Waals surface area (Å²) < 4.78 is 0. The van der Waals surface area contributed by atoms with Gasteiger partial charge in [-0.15, -0.1) is 0 Å². The predicted octanol–water partition coefficient (Wildman–Crippen LogP) is 9.67. The molecule has 0 aliphatic rings. The van der Waals surface area contributed by atoms with Crippen molar-refractivity contribution >= 4 is 60.8 Å². The fourth-order valence-corrected chi connectivity index (χ4v) is 22.5. The zero-order valence-electron chi connectivity index (χ0n) is 30.8. The molecule has 4 aromatic rings. The van der Waals surface area contributed by atoms with Gasteiger partial charge in [0.05, 0.1) is 72.3 Å². The second-order valence-electron chi connectivity index (χ2n) is 14.2. The smallest absolute Gasteiger partial charge is 0.0620 e. The largest absolute Gasteiger partial charge is 0.154 e. The molecular formula is C40H62MoN2P5+5. The van der Waals surface area contributed by atoms with E-state index < -0.39 is 23.8 Å². The van der Waals surface area contributed by atoms with Gasteiger partial charge >= 0.3 is 0 Å². The Morgan fingerprint density at radius 1 is 0.479 bits per heavy atom. The van der Waals surface area contributed by atoms with Gasteiger partial charge in [-0.2, -0.15) is 0 Å². The van der Waals surface area contributed by atoms with Crippen molar-refractivity contribution in [3.05, 3.63) is 121 Å². The first kappa shape index (κ1) is 45.2. The van der Waals surface area contributed by atoms with Crippen LogP contribution in [0.25, 0.3) is 0 Å². The van der Waals surface area contributed by atoms with Crippen molar-refractivity contribution in [3.8, 4) is 0 Å². The SMILES string of the molecule is CC(C)[PH+](CC(C)(C[PH+](c1ccccc1)c1ccccc1)C[PH+](c1ccccc1)c1ccccc1)C(C)C.C[PH+](C)C[PH+](C)C.N#N.[Mo]. The number of nitrogens with zero attached hydrogens (tertiary/aromatic N) is 2. The van der Waals surface area contributed by atoms with E-state index in [4.69, 9.17) is 10.8 Å². The third-order valence-corrected chi connectivity index (χ3v) is 24.9. The van der Waals surface area contributed by atoms with Crippen molar-refractivity contribution < 1.29 is 21.1 Å². The van der Waals surface area contributed by atoms with Gasteiger partial charge < -0.3 is 0 Å². The summed E-state index contributed by atoms with van der Waals surface area (Å²) in [4.78, 5) is 0. The van der Waals surface area contributed by atoms with Crippen LogP contribution in [0.4, 0.5) is 0 Å². The van der Waals surface area contributed by atoms with Crippen molar-refractivity contribution in [2.24, 2.45) is 5.41 Å². The summed E-state index contributed by atoms with van der Waals surface area (Å²) in [5.74, 6) is 1.56. The van der Waals surface area contributed by atoms with Gasteiger partial charge in [-0.1, -0.05) is 72.8 Å². The second kappa shape index (κ2) is 24.3. The van der Waals surface area contributed by atoms with Crippen molar-refractivity contribution in [3.63, 3.8) is 0 Å². The van der Waals surface area contributed by atoms with E-state index in [9.17, 15) is 0 Å². The Kier molecular flexibility index (Phi) is 22.9. The van der Waals surface area contributed by atoms with E-state index in [1.54, 1.807) is 27.1 Å². The summed E-state index contributed by atoms with van der Waals surface area (Å²) in [6, 6.07) is 45.7.